The highest BCUT2D eigenvalue weighted by molar-refractivity contribution is 6.02. The SMILES string of the molecule is COc1ccc(C2C=NC(Nc3cccc(C(=O)N4CC(C)OC(C)C4)c3)=NC2)cc1. The summed E-state index contributed by atoms with van der Waals surface area (Å²) >= 11 is 0. The maximum absolute atomic E-state index is 13.0. The number of methoxy groups -OCH3 is 1. The molecule has 0 radical (unpaired) electrons. The fourth-order valence-corrected chi connectivity index (χ4v) is 3.93. The molecule has 31 heavy (non-hydrogen) atoms. The number of carbonyl (C=O) groups excluding carboxylic acids is 1. The predicted molar refractivity (Wildman–Crippen MR) is 123 cm³/mol. The Bertz CT molecular complexity index is 977. The molecular formula is C24H28N4O3. The largest absolute Gasteiger partial charge is 0.497 e. The topological polar surface area (TPSA) is 75.5 Å². The number of amides is 1. The van der Waals surface area contributed by atoms with E-state index in [1.54, 1.807) is 7.11 Å². The first-order valence-electron chi connectivity index (χ1n) is 10.6. The molecule has 3 atom stereocenters. The molecular weight excluding hydrogens is 392 g/mol. The third-order valence-corrected chi connectivity index (χ3v) is 5.43. The summed E-state index contributed by atoms with van der Waals surface area (Å²) in [6, 6.07) is 15.4. The second-order valence-electron chi connectivity index (χ2n) is 8.00. The van der Waals surface area contributed by atoms with Crippen molar-refractivity contribution in [3.63, 3.8) is 0 Å². The maximum Gasteiger partial charge on any atom is 0.254 e. The van der Waals surface area contributed by atoms with Gasteiger partial charge in [-0.05, 0) is 49.7 Å². The van der Waals surface area contributed by atoms with Crippen LogP contribution in [0.25, 0.3) is 0 Å². The van der Waals surface area contributed by atoms with Gasteiger partial charge >= 0.3 is 0 Å². The lowest BCUT2D eigenvalue weighted by Crippen LogP contribution is -2.48. The second-order valence-corrected chi connectivity index (χ2v) is 8.00. The van der Waals surface area contributed by atoms with Crippen molar-refractivity contribution in [3.05, 3.63) is 59.7 Å². The number of carbonyl (C=O) groups is 1. The van der Waals surface area contributed by atoms with Crippen molar-refractivity contribution < 1.29 is 14.3 Å². The Balaban J connectivity index is 1.39. The number of guanidine groups is 1. The molecule has 7 heteroatoms. The molecule has 2 heterocycles. The third-order valence-electron chi connectivity index (χ3n) is 5.43. The van der Waals surface area contributed by atoms with Crippen molar-refractivity contribution >= 4 is 23.8 Å². The molecule has 0 bridgehead atoms. The molecule has 0 spiro atoms. The third kappa shape index (κ3) is 5.11. The standard InChI is InChI=1S/C24H28N4O3/c1-16-14-28(15-17(2)31-16)23(29)19-5-4-6-21(11-19)27-24-25-12-20(13-26-24)18-7-9-22(30-3)10-8-18/h4-12,16-17,20H,13-15H2,1-3H3,(H,26,27). The zero-order chi connectivity index (χ0) is 21.8. The highest BCUT2D eigenvalue weighted by atomic mass is 16.5. The van der Waals surface area contributed by atoms with E-state index in [4.69, 9.17) is 9.47 Å². The Morgan fingerprint density at radius 2 is 1.87 bits per heavy atom. The quantitative estimate of drug-likeness (QED) is 0.820. The molecule has 0 aromatic heterocycles. The normalized spacial score (nSPS) is 23.3. The molecule has 3 unspecified atom stereocenters. The van der Waals surface area contributed by atoms with E-state index in [-0.39, 0.29) is 24.0 Å². The fraction of sp³-hybridized carbons (Fsp3) is 0.375. The van der Waals surface area contributed by atoms with Crippen LogP contribution in [-0.2, 0) is 4.74 Å². The van der Waals surface area contributed by atoms with Crippen LogP contribution in [0.2, 0.25) is 0 Å². The summed E-state index contributed by atoms with van der Waals surface area (Å²) < 4.78 is 10.9. The number of hydrogen-bond acceptors (Lipinski definition) is 6. The van der Waals surface area contributed by atoms with Crippen molar-refractivity contribution in [2.24, 2.45) is 9.98 Å². The van der Waals surface area contributed by atoms with Crippen molar-refractivity contribution in [3.8, 4) is 5.75 Å². The van der Waals surface area contributed by atoms with Crippen LogP contribution in [-0.4, -0.2) is 61.9 Å². The Hall–Kier alpha value is -3.19. The van der Waals surface area contributed by atoms with Crippen LogP contribution in [0, 0.1) is 0 Å². The number of anilines is 1. The number of ether oxygens (including phenoxy) is 2. The Kier molecular flexibility index (Phi) is 6.32. The number of rotatable bonds is 4. The van der Waals surface area contributed by atoms with E-state index >= 15 is 0 Å². The van der Waals surface area contributed by atoms with Gasteiger partial charge in [-0.2, -0.15) is 0 Å². The molecule has 7 nitrogen and oxygen atoms in total. The van der Waals surface area contributed by atoms with Gasteiger partial charge < -0.3 is 19.7 Å². The van der Waals surface area contributed by atoms with Gasteiger partial charge in [0.1, 0.15) is 5.75 Å². The van der Waals surface area contributed by atoms with Gasteiger partial charge in [-0.1, -0.05) is 18.2 Å². The highest BCUT2D eigenvalue weighted by Gasteiger charge is 2.26. The second kappa shape index (κ2) is 9.31. The van der Waals surface area contributed by atoms with Crippen LogP contribution in [0.1, 0.15) is 35.7 Å². The van der Waals surface area contributed by atoms with E-state index in [1.807, 2.05) is 73.5 Å². The summed E-state index contributed by atoms with van der Waals surface area (Å²) in [4.78, 5) is 23.9. The van der Waals surface area contributed by atoms with Gasteiger partial charge in [0.05, 0.1) is 25.9 Å². The highest BCUT2D eigenvalue weighted by Crippen LogP contribution is 2.21. The number of benzene rings is 2. The van der Waals surface area contributed by atoms with Crippen LogP contribution < -0.4 is 10.1 Å². The molecule has 2 aliphatic rings. The van der Waals surface area contributed by atoms with Gasteiger partial charge in [0.15, 0.2) is 0 Å². The number of morpholine rings is 1. The minimum absolute atomic E-state index is 0.0132. The van der Waals surface area contributed by atoms with Crippen LogP contribution in [0.5, 0.6) is 5.75 Å². The molecule has 1 amide bonds. The first kappa shape index (κ1) is 21.1. The van der Waals surface area contributed by atoms with Crippen LogP contribution >= 0.6 is 0 Å². The van der Waals surface area contributed by atoms with Crippen LogP contribution in [0.15, 0.2) is 58.5 Å². The van der Waals surface area contributed by atoms with E-state index in [2.05, 4.69) is 15.3 Å². The maximum atomic E-state index is 13.0. The van der Waals surface area contributed by atoms with Gasteiger partial charge in [-0.15, -0.1) is 0 Å². The summed E-state index contributed by atoms with van der Waals surface area (Å²) in [5, 5.41) is 3.22. The molecule has 1 fully saturated rings. The number of nitrogens with zero attached hydrogens (tertiary/aromatic N) is 3. The summed E-state index contributed by atoms with van der Waals surface area (Å²) in [5.41, 5.74) is 2.58. The van der Waals surface area contributed by atoms with Gasteiger partial charge in [-0.25, -0.2) is 4.99 Å². The van der Waals surface area contributed by atoms with E-state index in [1.165, 1.54) is 0 Å². The molecule has 4 rings (SSSR count). The van der Waals surface area contributed by atoms with Gasteiger partial charge in [-0.3, -0.25) is 9.79 Å². The first-order chi connectivity index (χ1) is 15.0. The minimum Gasteiger partial charge on any atom is -0.497 e. The Morgan fingerprint density at radius 1 is 1.13 bits per heavy atom. The summed E-state index contributed by atoms with van der Waals surface area (Å²) in [6.45, 7) is 5.80. The minimum atomic E-state index is 0.0132. The average molecular weight is 421 g/mol. The lowest BCUT2D eigenvalue weighted by molar-refractivity contribution is -0.0586. The van der Waals surface area contributed by atoms with E-state index < -0.39 is 0 Å². The Morgan fingerprint density at radius 3 is 2.52 bits per heavy atom. The van der Waals surface area contributed by atoms with Crippen molar-refractivity contribution in [1.82, 2.24) is 4.90 Å². The van der Waals surface area contributed by atoms with Crippen LogP contribution in [0.4, 0.5) is 5.69 Å². The van der Waals surface area contributed by atoms with Crippen LogP contribution in [0.3, 0.4) is 0 Å². The lowest BCUT2D eigenvalue weighted by Gasteiger charge is -2.35. The smallest absolute Gasteiger partial charge is 0.254 e. The van der Waals surface area contributed by atoms with E-state index in [0.717, 1.165) is 17.0 Å². The van der Waals surface area contributed by atoms with Gasteiger partial charge in [0.2, 0.25) is 5.96 Å². The summed E-state index contributed by atoms with van der Waals surface area (Å²) in [6.07, 6.45) is 1.99. The molecule has 162 valence electrons. The lowest BCUT2D eigenvalue weighted by atomic mass is 10.00. The van der Waals surface area contributed by atoms with Gasteiger partial charge in [0, 0.05) is 36.5 Å². The van der Waals surface area contributed by atoms with E-state index in [9.17, 15) is 4.79 Å². The molecule has 1 saturated heterocycles. The van der Waals surface area contributed by atoms with Gasteiger partial charge in [0.25, 0.3) is 5.91 Å². The zero-order valence-electron chi connectivity index (χ0n) is 18.1. The van der Waals surface area contributed by atoms with Crippen molar-refractivity contribution in [1.29, 1.82) is 0 Å². The predicted octanol–water partition coefficient (Wildman–Crippen LogP) is 3.58. The molecule has 1 N–H and O–H groups in total. The molecule has 0 saturated carbocycles. The molecule has 2 aromatic carbocycles. The summed E-state index contributed by atoms with van der Waals surface area (Å²) in [5.74, 6) is 1.52. The first-order valence-corrected chi connectivity index (χ1v) is 10.6. The van der Waals surface area contributed by atoms with E-state index in [0.29, 0.717) is 31.2 Å². The average Bonchev–Trinajstić information content (AvgIpc) is 2.79. The fourth-order valence-electron chi connectivity index (χ4n) is 3.93. The monoisotopic (exact) mass is 420 g/mol. The number of aliphatic imine (C=N–C) groups is 2. The molecule has 0 aliphatic carbocycles. The Labute approximate surface area is 182 Å². The molecule has 2 aromatic rings. The van der Waals surface area contributed by atoms with Crippen molar-refractivity contribution in [2.45, 2.75) is 32.0 Å². The zero-order valence-corrected chi connectivity index (χ0v) is 18.1. The molecule has 2 aliphatic heterocycles. The summed E-state index contributed by atoms with van der Waals surface area (Å²) in [7, 11) is 1.66. The van der Waals surface area contributed by atoms with Crippen molar-refractivity contribution in [2.75, 3.05) is 32.1 Å². The number of hydrogen-bond donors (Lipinski definition) is 1. The number of nitrogens with one attached hydrogen (secondary N) is 1.